The molecule has 0 bridgehead atoms. The smallest absolute Gasteiger partial charge is 0.379 e. The van der Waals surface area contributed by atoms with Crippen LogP contribution in [0.2, 0.25) is 0 Å². The molecule has 1 aliphatic heterocycles. The van der Waals surface area contributed by atoms with Gasteiger partial charge in [-0.2, -0.15) is 0 Å². The van der Waals surface area contributed by atoms with Crippen molar-refractivity contribution in [1.29, 1.82) is 0 Å². The number of ether oxygens (including phenoxy) is 1. The summed E-state index contributed by atoms with van der Waals surface area (Å²) < 4.78 is 11.1. The predicted molar refractivity (Wildman–Crippen MR) is 63.5 cm³/mol. The van der Waals surface area contributed by atoms with Crippen LogP contribution < -0.4 is 10.4 Å². The minimum absolute atomic E-state index is 0.193. The van der Waals surface area contributed by atoms with Crippen LogP contribution in [0.3, 0.4) is 0 Å². The van der Waals surface area contributed by atoms with E-state index in [9.17, 15) is 4.79 Å². The van der Waals surface area contributed by atoms with Crippen molar-refractivity contribution < 1.29 is 9.15 Å². The topological polar surface area (TPSA) is 39.4 Å². The summed E-state index contributed by atoms with van der Waals surface area (Å²) in [7, 11) is 0. The minimum Gasteiger partial charge on any atom is -0.482 e. The number of para-hydroxylation sites is 1. The number of hydrogen-bond acceptors (Lipinski definition) is 3. The molecular formula is C14H12O3. The molecule has 2 aromatic rings. The van der Waals surface area contributed by atoms with Gasteiger partial charge < -0.3 is 9.15 Å². The van der Waals surface area contributed by atoms with Crippen LogP contribution in [0, 0.1) is 0 Å². The van der Waals surface area contributed by atoms with Gasteiger partial charge in [-0.05, 0) is 25.3 Å². The molecule has 0 N–H and O–H groups in total. The maximum absolute atomic E-state index is 11.9. The zero-order chi connectivity index (χ0) is 11.4. The molecule has 0 saturated heterocycles. The third kappa shape index (κ3) is 1.14. The number of benzene rings is 1. The Hall–Kier alpha value is -1.77. The maximum Gasteiger partial charge on any atom is 0.379 e. The van der Waals surface area contributed by atoms with Crippen LogP contribution >= 0.6 is 0 Å². The molecule has 2 aliphatic rings. The molecule has 1 saturated carbocycles. The fourth-order valence-electron chi connectivity index (χ4n) is 3.19. The monoisotopic (exact) mass is 228 g/mol. The Kier molecular flexibility index (Phi) is 1.71. The number of hydrogen-bond donors (Lipinski definition) is 0. The van der Waals surface area contributed by atoms with E-state index < -0.39 is 0 Å². The highest BCUT2D eigenvalue weighted by atomic mass is 16.5. The van der Waals surface area contributed by atoms with Crippen molar-refractivity contribution in [1.82, 2.24) is 0 Å². The Bertz CT molecular complexity index is 656. The molecule has 1 aromatic carbocycles. The van der Waals surface area contributed by atoms with Crippen LogP contribution in [0.4, 0.5) is 0 Å². The lowest BCUT2D eigenvalue weighted by molar-refractivity contribution is 0.218. The SMILES string of the molecule is O=c1oc2ccccc2c2c1OC1CCCC21. The van der Waals surface area contributed by atoms with E-state index in [1.807, 2.05) is 24.3 Å². The van der Waals surface area contributed by atoms with Crippen molar-refractivity contribution in [3.05, 3.63) is 40.2 Å². The van der Waals surface area contributed by atoms with E-state index in [1.165, 1.54) is 6.42 Å². The summed E-state index contributed by atoms with van der Waals surface area (Å²) in [6, 6.07) is 7.73. The Balaban J connectivity index is 2.11. The average Bonchev–Trinajstić information content (AvgIpc) is 2.89. The minimum atomic E-state index is -0.326. The molecule has 2 heterocycles. The van der Waals surface area contributed by atoms with Gasteiger partial charge >= 0.3 is 5.63 Å². The summed E-state index contributed by atoms with van der Waals surface area (Å²) in [6.07, 6.45) is 3.54. The van der Waals surface area contributed by atoms with Crippen LogP contribution in [0.1, 0.15) is 30.7 Å². The van der Waals surface area contributed by atoms with Gasteiger partial charge in [0.1, 0.15) is 11.7 Å². The lowest BCUT2D eigenvalue weighted by Gasteiger charge is -2.07. The molecule has 1 aliphatic carbocycles. The van der Waals surface area contributed by atoms with Gasteiger partial charge in [-0.15, -0.1) is 0 Å². The maximum atomic E-state index is 11.9. The van der Waals surface area contributed by atoms with Crippen LogP contribution in [-0.4, -0.2) is 6.10 Å². The highest BCUT2D eigenvalue weighted by Gasteiger charge is 2.41. The first-order chi connectivity index (χ1) is 8.34. The highest BCUT2D eigenvalue weighted by Crippen LogP contribution is 2.47. The first-order valence-corrected chi connectivity index (χ1v) is 6.07. The standard InChI is InChI=1S/C14H12O3/c15-14-13-12(9-5-3-7-10(9)16-13)8-4-1-2-6-11(8)17-14/h1-2,4,6,9-10H,3,5,7H2. The lowest BCUT2D eigenvalue weighted by atomic mass is 9.95. The van der Waals surface area contributed by atoms with E-state index in [0.717, 1.165) is 23.8 Å². The first-order valence-electron chi connectivity index (χ1n) is 6.07. The Morgan fingerprint density at radius 2 is 2.06 bits per heavy atom. The van der Waals surface area contributed by atoms with E-state index in [4.69, 9.17) is 9.15 Å². The van der Waals surface area contributed by atoms with Crippen molar-refractivity contribution in [2.75, 3.05) is 0 Å². The summed E-state index contributed by atoms with van der Waals surface area (Å²) in [6.45, 7) is 0. The van der Waals surface area contributed by atoms with Gasteiger partial charge in [0, 0.05) is 16.9 Å². The Labute approximate surface area is 98.0 Å². The molecule has 1 aromatic heterocycles. The number of fused-ring (bicyclic) bond motifs is 5. The summed E-state index contributed by atoms with van der Waals surface area (Å²) >= 11 is 0. The van der Waals surface area contributed by atoms with Gasteiger partial charge in [0.05, 0.1) is 0 Å². The predicted octanol–water partition coefficient (Wildman–Crippen LogP) is 2.82. The van der Waals surface area contributed by atoms with Crippen LogP contribution in [0.5, 0.6) is 5.75 Å². The second-order valence-electron chi connectivity index (χ2n) is 4.82. The quantitative estimate of drug-likeness (QED) is 0.651. The van der Waals surface area contributed by atoms with Crippen LogP contribution in [0.15, 0.2) is 33.5 Å². The second-order valence-corrected chi connectivity index (χ2v) is 4.82. The third-order valence-corrected chi connectivity index (χ3v) is 3.90. The normalized spacial score (nSPS) is 25.6. The van der Waals surface area contributed by atoms with E-state index in [2.05, 4.69) is 0 Å². The van der Waals surface area contributed by atoms with Crippen molar-refractivity contribution in [3.8, 4) is 5.75 Å². The fourth-order valence-corrected chi connectivity index (χ4v) is 3.19. The molecule has 17 heavy (non-hydrogen) atoms. The van der Waals surface area contributed by atoms with E-state index in [1.54, 1.807) is 0 Å². The highest BCUT2D eigenvalue weighted by molar-refractivity contribution is 5.83. The number of rotatable bonds is 0. The zero-order valence-corrected chi connectivity index (χ0v) is 9.31. The van der Waals surface area contributed by atoms with Crippen molar-refractivity contribution >= 4 is 11.0 Å². The molecule has 86 valence electrons. The average molecular weight is 228 g/mol. The zero-order valence-electron chi connectivity index (χ0n) is 9.31. The van der Waals surface area contributed by atoms with Gasteiger partial charge in [0.25, 0.3) is 0 Å². The Morgan fingerprint density at radius 1 is 1.18 bits per heavy atom. The van der Waals surface area contributed by atoms with Gasteiger partial charge in [-0.3, -0.25) is 0 Å². The molecule has 0 spiro atoms. The van der Waals surface area contributed by atoms with Gasteiger partial charge in [-0.25, -0.2) is 4.79 Å². The van der Waals surface area contributed by atoms with Gasteiger partial charge in [-0.1, -0.05) is 18.2 Å². The largest absolute Gasteiger partial charge is 0.482 e. The third-order valence-electron chi connectivity index (χ3n) is 3.90. The molecule has 1 fully saturated rings. The molecule has 3 nitrogen and oxygen atoms in total. The van der Waals surface area contributed by atoms with E-state index in [0.29, 0.717) is 17.3 Å². The van der Waals surface area contributed by atoms with Crippen molar-refractivity contribution in [3.63, 3.8) is 0 Å². The molecule has 2 unspecified atom stereocenters. The van der Waals surface area contributed by atoms with Crippen LogP contribution in [0.25, 0.3) is 11.0 Å². The fraction of sp³-hybridized carbons (Fsp3) is 0.357. The molecule has 4 rings (SSSR count). The van der Waals surface area contributed by atoms with Crippen LogP contribution in [-0.2, 0) is 0 Å². The molecule has 0 radical (unpaired) electrons. The summed E-state index contributed by atoms with van der Waals surface area (Å²) in [5.41, 5.74) is 1.43. The van der Waals surface area contributed by atoms with Crippen molar-refractivity contribution in [2.24, 2.45) is 0 Å². The summed E-state index contributed by atoms with van der Waals surface area (Å²) in [5.74, 6) is 0.845. The summed E-state index contributed by atoms with van der Waals surface area (Å²) in [4.78, 5) is 11.9. The molecular weight excluding hydrogens is 216 g/mol. The lowest BCUT2D eigenvalue weighted by Crippen LogP contribution is -2.12. The summed E-state index contributed by atoms with van der Waals surface area (Å²) in [5, 5.41) is 1.04. The molecule has 0 amide bonds. The first kappa shape index (κ1) is 9.28. The Morgan fingerprint density at radius 3 is 3.00 bits per heavy atom. The molecule has 2 atom stereocenters. The van der Waals surface area contributed by atoms with Gasteiger partial charge in [0.2, 0.25) is 5.75 Å². The van der Waals surface area contributed by atoms with Gasteiger partial charge in [0.15, 0.2) is 0 Å². The molecule has 3 heteroatoms. The van der Waals surface area contributed by atoms with Crippen molar-refractivity contribution in [2.45, 2.75) is 31.3 Å². The van der Waals surface area contributed by atoms with E-state index >= 15 is 0 Å². The second kappa shape index (κ2) is 3.13. The van der Waals surface area contributed by atoms with E-state index in [-0.39, 0.29) is 11.7 Å².